The van der Waals surface area contributed by atoms with Crippen molar-refractivity contribution in [2.75, 3.05) is 11.9 Å². The Morgan fingerprint density at radius 3 is 2.52 bits per heavy atom. The van der Waals surface area contributed by atoms with E-state index >= 15 is 0 Å². The van der Waals surface area contributed by atoms with E-state index in [0.717, 1.165) is 12.2 Å². The zero-order valence-corrected chi connectivity index (χ0v) is 11.9. The molecule has 0 saturated heterocycles. The number of para-hydroxylation sites is 1. The van der Waals surface area contributed by atoms with E-state index in [0.29, 0.717) is 0 Å². The predicted molar refractivity (Wildman–Crippen MR) is 81.0 cm³/mol. The molecule has 0 aromatic heterocycles. The standard InChI is InChI=1S/C17H18FNO2/c1-2-13-7-9-14(10-8-13)21-12-11-17(20)19-16-6-4-3-5-15(16)18/h3-10H,2,11-12H2,1H3,(H,19,20). The van der Waals surface area contributed by atoms with Crippen LogP contribution < -0.4 is 10.1 Å². The highest BCUT2D eigenvalue weighted by molar-refractivity contribution is 5.90. The Balaban J connectivity index is 1.77. The predicted octanol–water partition coefficient (Wildman–Crippen LogP) is 3.80. The van der Waals surface area contributed by atoms with Gasteiger partial charge in [-0.2, -0.15) is 0 Å². The summed E-state index contributed by atoms with van der Waals surface area (Å²) in [7, 11) is 0. The fourth-order valence-corrected chi connectivity index (χ4v) is 1.86. The summed E-state index contributed by atoms with van der Waals surface area (Å²) >= 11 is 0. The van der Waals surface area contributed by atoms with Gasteiger partial charge in [-0.25, -0.2) is 4.39 Å². The third kappa shape index (κ3) is 4.60. The van der Waals surface area contributed by atoms with Crippen LogP contribution in [0.25, 0.3) is 0 Å². The first-order valence-electron chi connectivity index (χ1n) is 6.95. The number of carbonyl (C=O) groups excluding carboxylic acids is 1. The minimum atomic E-state index is -0.443. The van der Waals surface area contributed by atoms with Crippen LogP contribution in [0.2, 0.25) is 0 Å². The molecule has 110 valence electrons. The number of nitrogens with one attached hydrogen (secondary N) is 1. The average Bonchev–Trinajstić information content (AvgIpc) is 2.50. The van der Waals surface area contributed by atoms with Crippen molar-refractivity contribution >= 4 is 11.6 Å². The molecule has 4 heteroatoms. The van der Waals surface area contributed by atoms with E-state index in [-0.39, 0.29) is 24.6 Å². The van der Waals surface area contributed by atoms with Gasteiger partial charge in [-0.15, -0.1) is 0 Å². The lowest BCUT2D eigenvalue weighted by atomic mass is 10.2. The monoisotopic (exact) mass is 287 g/mol. The van der Waals surface area contributed by atoms with E-state index in [4.69, 9.17) is 4.74 Å². The molecule has 0 aliphatic carbocycles. The molecule has 2 aromatic carbocycles. The summed E-state index contributed by atoms with van der Waals surface area (Å²) in [5.41, 5.74) is 1.43. The molecule has 3 nitrogen and oxygen atoms in total. The van der Waals surface area contributed by atoms with E-state index < -0.39 is 5.82 Å². The normalized spacial score (nSPS) is 10.2. The Hall–Kier alpha value is -2.36. The summed E-state index contributed by atoms with van der Waals surface area (Å²) in [6, 6.07) is 13.8. The van der Waals surface area contributed by atoms with Crippen molar-refractivity contribution in [2.45, 2.75) is 19.8 Å². The SMILES string of the molecule is CCc1ccc(OCCC(=O)Nc2ccccc2F)cc1. The van der Waals surface area contributed by atoms with Crippen LogP contribution in [0, 0.1) is 5.82 Å². The number of ether oxygens (including phenoxy) is 1. The van der Waals surface area contributed by atoms with E-state index in [9.17, 15) is 9.18 Å². The lowest BCUT2D eigenvalue weighted by molar-refractivity contribution is -0.116. The molecule has 1 N–H and O–H groups in total. The topological polar surface area (TPSA) is 38.3 Å². The quantitative estimate of drug-likeness (QED) is 0.877. The summed E-state index contributed by atoms with van der Waals surface area (Å²) < 4.78 is 18.9. The number of amides is 1. The maximum atomic E-state index is 13.4. The molecule has 0 aliphatic rings. The van der Waals surface area contributed by atoms with Gasteiger partial charge in [-0.1, -0.05) is 31.2 Å². The van der Waals surface area contributed by atoms with Crippen LogP contribution in [0.5, 0.6) is 5.75 Å². The molecule has 0 atom stereocenters. The van der Waals surface area contributed by atoms with E-state index in [2.05, 4.69) is 12.2 Å². The van der Waals surface area contributed by atoms with Crippen LogP contribution in [0.3, 0.4) is 0 Å². The number of hydrogen-bond donors (Lipinski definition) is 1. The Bertz CT molecular complexity index is 596. The van der Waals surface area contributed by atoms with E-state index in [1.54, 1.807) is 12.1 Å². The molecule has 0 radical (unpaired) electrons. The second-order valence-corrected chi connectivity index (χ2v) is 4.62. The minimum absolute atomic E-state index is 0.170. The summed E-state index contributed by atoms with van der Waals surface area (Å²) in [6.07, 6.45) is 1.15. The molecule has 21 heavy (non-hydrogen) atoms. The Labute approximate surface area is 123 Å². The van der Waals surface area contributed by atoms with Crippen LogP contribution in [0.4, 0.5) is 10.1 Å². The van der Waals surface area contributed by atoms with Gasteiger partial charge in [0.1, 0.15) is 11.6 Å². The number of carbonyl (C=O) groups is 1. The maximum Gasteiger partial charge on any atom is 0.227 e. The second kappa shape index (κ2) is 7.43. The third-order valence-corrected chi connectivity index (χ3v) is 3.08. The number of anilines is 1. The number of benzene rings is 2. The van der Waals surface area contributed by atoms with Crippen molar-refractivity contribution < 1.29 is 13.9 Å². The average molecular weight is 287 g/mol. The highest BCUT2D eigenvalue weighted by Gasteiger charge is 2.06. The van der Waals surface area contributed by atoms with Crippen molar-refractivity contribution in [1.29, 1.82) is 0 Å². The fourth-order valence-electron chi connectivity index (χ4n) is 1.86. The molecule has 0 spiro atoms. The van der Waals surface area contributed by atoms with Gasteiger partial charge in [0.2, 0.25) is 5.91 Å². The van der Waals surface area contributed by atoms with Crippen molar-refractivity contribution in [3.63, 3.8) is 0 Å². The van der Waals surface area contributed by atoms with E-state index in [1.165, 1.54) is 17.7 Å². The van der Waals surface area contributed by atoms with Crippen LogP contribution >= 0.6 is 0 Å². The molecule has 2 aromatic rings. The first kappa shape index (κ1) is 15.0. The number of hydrogen-bond acceptors (Lipinski definition) is 2. The Morgan fingerprint density at radius 2 is 1.86 bits per heavy atom. The van der Waals surface area contributed by atoms with Gasteiger partial charge in [0, 0.05) is 0 Å². The maximum absolute atomic E-state index is 13.4. The van der Waals surface area contributed by atoms with Crippen LogP contribution in [0.15, 0.2) is 48.5 Å². The molecule has 0 bridgehead atoms. The Morgan fingerprint density at radius 1 is 1.14 bits per heavy atom. The summed E-state index contributed by atoms with van der Waals surface area (Å²) in [6.45, 7) is 2.34. The smallest absolute Gasteiger partial charge is 0.227 e. The van der Waals surface area contributed by atoms with Gasteiger partial charge >= 0.3 is 0 Å². The van der Waals surface area contributed by atoms with Gasteiger partial charge in [-0.05, 0) is 36.2 Å². The molecule has 0 unspecified atom stereocenters. The fraction of sp³-hybridized carbons (Fsp3) is 0.235. The van der Waals surface area contributed by atoms with Gasteiger partial charge in [0.15, 0.2) is 0 Å². The molecule has 0 fully saturated rings. The lowest BCUT2D eigenvalue weighted by Crippen LogP contribution is -2.15. The van der Waals surface area contributed by atoms with Gasteiger partial charge in [0.25, 0.3) is 0 Å². The third-order valence-electron chi connectivity index (χ3n) is 3.08. The second-order valence-electron chi connectivity index (χ2n) is 4.62. The van der Waals surface area contributed by atoms with Crippen molar-refractivity contribution in [3.05, 3.63) is 59.9 Å². The molecule has 0 saturated carbocycles. The van der Waals surface area contributed by atoms with Crippen molar-refractivity contribution in [2.24, 2.45) is 0 Å². The molecular weight excluding hydrogens is 269 g/mol. The molecule has 0 heterocycles. The van der Waals surface area contributed by atoms with Crippen LogP contribution in [-0.2, 0) is 11.2 Å². The summed E-state index contributed by atoms with van der Waals surface area (Å²) in [4.78, 5) is 11.7. The highest BCUT2D eigenvalue weighted by Crippen LogP contribution is 2.14. The Kier molecular flexibility index (Phi) is 5.32. The molecule has 2 rings (SSSR count). The summed E-state index contributed by atoms with van der Waals surface area (Å²) in [5.74, 6) is 0.0121. The van der Waals surface area contributed by atoms with Gasteiger partial charge in [-0.3, -0.25) is 4.79 Å². The van der Waals surface area contributed by atoms with E-state index in [1.807, 2.05) is 24.3 Å². The summed E-state index contributed by atoms with van der Waals surface area (Å²) in [5, 5.41) is 2.52. The van der Waals surface area contributed by atoms with Crippen molar-refractivity contribution in [1.82, 2.24) is 0 Å². The number of rotatable bonds is 6. The van der Waals surface area contributed by atoms with Gasteiger partial charge in [0.05, 0.1) is 18.7 Å². The largest absolute Gasteiger partial charge is 0.493 e. The highest BCUT2D eigenvalue weighted by atomic mass is 19.1. The minimum Gasteiger partial charge on any atom is -0.493 e. The first-order chi connectivity index (χ1) is 10.2. The van der Waals surface area contributed by atoms with Crippen molar-refractivity contribution in [3.8, 4) is 5.75 Å². The number of halogens is 1. The van der Waals surface area contributed by atoms with Gasteiger partial charge < -0.3 is 10.1 Å². The molecule has 1 amide bonds. The lowest BCUT2D eigenvalue weighted by Gasteiger charge is -2.08. The van der Waals surface area contributed by atoms with Crippen LogP contribution in [-0.4, -0.2) is 12.5 Å². The molecular formula is C17H18FNO2. The zero-order valence-electron chi connectivity index (χ0n) is 11.9. The van der Waals surface area contributed by atoms with Crippen LogP contribution in [0.1, 0.15) is 18.9 Å². The molecule has 0 aliphatic heterocycles. The number of aryl methyl sites for hydroxylation is 1. The zero-order chi connectivity index (χ0) is 15.1. The first-order valence-corrected chi connectivity index (χ1v) is 6.95.